The highest BCUT2D eigenvalue weighted by Crippen LogP contribution is 2.28. The van der Waals surface area contributed by atoms with Gasteiger partial charge in [0.05, 0.1) is 28.8 Å². The van der Waals surface area contributed by atoms with Gasteiger partial charge in [0.15, 0.2) is 5.65 Å². The third-order valence-corrected chi connectivity index (χ3v) is 5.23. The van der Waals surface area contributed by atoms with E-state index in [1.165, 1.54) is 0 Å². The summed E-state index contributed by atoms with van der Waals surface area (Å²) in [7, 11) is 0. The summed E-state index contributed by atoms with van der Waals surface area (Å²) in [4.78, 5) is 15.5. The number of pyridine rings is 1. The Balaban J connectivity index is 1.41. The van der Waals surface area contributed by atoms with Crippen molar-refractivity contribution < 1.29 is 4.74 Å². The molecule has 146 valence electrons. The molecule has 5 rings (SSSR count). The molecule has 1 aromatic carbocycles. The molecule has 8 heteroatoms. The Morgan fingerprint density at radius 3 is 2.72 bits per heavy atom. The van der Waals surface area contributed by atoms with Crippen molar-refractivity contribution in [3.8, 4) is 11.6 Å². The molecule has 1 saturated heterocycles. The van der Waals surface area contributed by atoms with Gasteiger partial charge in [-0.3, -0.25) is 0 Å². The second kappa shape index (κ2) is 7.67. The maximum absolute atomic E-state index is 6.07. The van der Waals surface area contributed by atoms with E-state index in [0.29, 0.717) is 10.9 Å². The van der Waals surface area contributed by atoms with Crippen LogP contribution in [0.4, 0.5) is 5.82 Å². The summed E-state index contributed by atoms with van der Waals surface area (Å²) >= 11 is 5.91. The predicted octanol–water partition coefficient (Wildman–Crippen LogP) is 3.91. The molecule has 4 aromatic rings. The van der Waals surface area contributed by atoms with Gasteiger partial charge in [0.1, 0.15) is 18.2 Å². The molecule has 0 spiro atoms. The fraction of sp³-hybridized carbons (Fsp3) is 0.238. The zero-order chi connectivity index (χ0) is 19.6. The van der Waals surface area contributed by atoms with Crippen LogP contribution >= 0.6 is 11.6 Å². The second-order valence-electron chi connectivity index (χ2n) is 6.97. The van der Waals surface area contributed by atoms with Gasteiger partial charge < -0.3 is 9.64 Å². The standard InChI is InChI=1S/C21H19ClN6O/c22-15-8-9-19(23-11-15)29-17-7-4-10-27(13-17)20-18-12-26-28(21(18)25-14-24-20)16-5-2-1-3-6-16/h1-3,5-6,8-9,11-12,14,17H,4,7,10,13H2. The molecule has 4 heterocycles. The molecule has 1 fully saturated rings. The van der Waals surface area contributed by atoms with Crippen LogP contribution in [0.3, 0.4) is 0 Å². The monoisotopic (exact) mass is 406 g/mol. The molecule has 0 saturated carbocycles. The number of nitrogens with zero attached hydrogens (tertiary/aromatic N) is 6. The van der Waals surface area contributed by atoms with E-state index in [4.69, 9.17) is 16.3 Å². The van der Waals surface area contributed by atoms with Gasteiger partial charge in [0.25, 0.3) is 0 Å². The van der Waals surface area contributed by atoms with E-state index in [1.807, 2.05) is 41.2 Å². The van der Waals surface area contributed by atoms with Crippen molar-refractivity contribution in [1.82, 2.24) is 24.7 Å². The summed E-state index contributed by atoms with van der Waals surface area (Å²) in [5, 5.41) is 6.08. The Kier molecular flexibility index (Phi) is 4.73. The molecular weight excluding hydrogens is 388 g/mol. The lowest BCUT2D eigenvalue weighted by atomic mass is 10.1. The van der Waals surface area contributed by atoms with Gasteiger partial charge in [-0.15, -0.1) is 0 Å². The second-order valence-corrected chi connectivity index (χ2v) is 7.41. The van der Waals surface area contributed by atoms with Crippen molar-refractivity contribution in [2.45, 2.75) is 18.9 Å². The van der Waals surface area contributed by atoms with Crippen LogP contribution in [0.5, 0.6) is 5.88 Å². The molecule has 1 atom stereocenters. The Bertz CT molecular complexity index is 1120. The molecule has 1 aliphatic rings. The molecule has 1 unspecified atom stereocenters. The lowest BCUT2D eigenvalue weighted by Crippen LogP contribution is -2.41. The molecule has 1 aliphatic heterocycles. The number of ether oxygens (including phenoxy) is 1. The zero-order valence-corrected chi connectivity index (χ0v) is 16.4. The summed E-state index contributed by atoms with van der Waals surface area (Å²) in [5.41, 5.74) is 1.77. The highest BCUT2D eigenvalue weighted by molar-refractivity contribution is 6.30. The lowest BCUT2D eigenvalue weighted by molar-refractivity contribution is 0.172. The van der Waals surface area contributed by atoms with Crippen LogP contribution in [0.25, 0.3) is 16.7 Å². The third kappa shape index (κ3) is 3.61. The lowest BCUT2D eigenvalue weighted by Gasteiger charge is -2.33. The van der Waals surface area contributed by atoms with Crippen LogP contribution in [0.2, 0.25) is 5.02 Å². The Hall–Kier alpha value is -3.19. The first-order valence-corrected chi connectivity index (χ1v) is 9.93. The van der Waals surface area contributed by atoms with Crippen LogP contribution < -0.4 is 9.64 Å². The van der Waals surface area contributed by atoms with E-state index >= 15 is 0 Å². The number of hydrogen-bond acceptors (Lipinski definition) is 6. The summed E-state index contributed by atoms with van der Waals surface area (Å²) < 4.78 is 7.92. The number of fused-ring (bicyclic) bond motifs is 1. The fourth-order valence-corrected chi connectivity index (χ4v) is 3.78. The molecule has 0 amide bonds. The van der Waals surface area contributed by atoms with E-state index in [-0.39, 0.29) is 6.10 Å². The van der Waals surface area contributed by atoms with Crippen molar-refractivity contribution in [1.29, 1.82) is 0 Å². The summed E-state index contributed by atoms with van der Waals surface area (Å²) in [6.45, 7) is 1.64. The molecule has 0 bridgehead atoms. The number of benzene rings is 1. The van der Waals surface area contributed by atoms with Crippen molar-refractivity contribution in [2.24, 2.45) is 0 Å². The maximum Gasteiger partial charge on any atom is 0.213 e. The van der Waals surface area contributed by atoms with Gasteiger partial charge in [-0.1, -0.05) is 29.8 Å². The highest BCUT2D eigenvalue weighted by Gasteiger charge is 2.25. The number of anilines is 1. The van der Waals surface area contributed by atoms with Gasteiger partial charge in [-0.2, -0.15) is 5.10 Å². The topological polar surface area (TPSA) is 69.0 Å². The fourth-order valence-electron chi connectivity index (χ4n) is 3.67. The number of aromatic nitrogens is 5. The van der Waals surface area contributed by atoms with Crippen LogP contribution in [0, 0.1) is 0 Å². The normalized spacial score (nSPS) is 16.9. The summed E-state index contributed by atoms with van der Waals surface area (Å²) in [6.07, 6.45) is 7.05. The Morgan fingerprint density at radius 2 is 1.90 bits per heavy atom. The van der Waals surface area contributed by atoms with Gasteiger partial charge >= 0.3 is 0 Å². The van der Waals surface area contributed by atoms with Crippen LogP contribution in [-0.2, 0) is 0 Å². The Labute approximate surface area is 172 Å². The van der Waals surface area contributed by atoms with Crippen LogP contribution in [0.1, 0.15) is 12.8 Å². The number of piperidine rings is 1. The highest BCUT2D eigenvalue weighted by atomic mass is 35.5. The van der Waals surface area contributed by atoms with Crippen molar-refractivity contribution >= 4 is 28.5 Å². The number of halogens is 1. The SMILES string of the molecule is Clc1ccc(OC2CCCN(c3ncnc4c3cnn4-c3ccccc3)C2)nc1. The third-order valence-electron chi connectivity index (χ3n) is 5.01. The molecule has 0 radical (unpaired) electrons. The molecule has 7 nitrogen and oxygen atoms in total. The van der Waals surface area contributed by atoms with Crippen molar-refractivity contribution in [2.75, 3.05) is 18.0 Å². The number of rotatable bonds is 4. The molecule has 0 aliphatic carbocycles. The average molecular weight is 407 g/mol. The first kappa shape index (κ1) is 17.9. The molecule has 29 heavy (non-hydrogen) atoms. The van der Waals surface area contributed by atoms with Crippen molar-refractivity contribution in [3.63, 3.8) is 0 Å². The number of para-hydroxylation sites is 1. The Morgan fingerprint density at radius 1 is 1.00 bits per heavy atom. The summed E-state index contributed by atoms with van der Waals surface area (Å²) in [6, 6.07) is 13.6. The first-order chi connectivity index (χ1) is 14.3. The van der Waals surface area contributed by atoms with E-state index in [1.54, 1.807) is 24.7 Å². The van der Waals surface area contributed by atoms with Gasteiger partial charge in [-0.05, 0) is 31.0 Å². The van der Waals surface area contributed by atoms with Crippen LogP contribution in [-0.4, -0.2) is 43.9 Å². The minimum absolute atomic E-state index is 0.0339. The van der Waals surface area contributed by atoms with E-state index < -0.39 is 0 Å². The maximum atomic E-state index is 6.07. The van der Waals surface area contributed by atoms with Gasteiger partial charge in [-0.25, -0.2) is 19.6 Å². The minimum atomic E-state index is 0.0339. The van der Waals surface area contributed by atoms with E-state index in [9.17, 15) is 0 Å². The van der Waals surface area contributed by atoms with Crippen LogP contribution in [0.15, 0.2) is 61.2 Å². The molecule has 3 aromatic heterocycles. The average Bonchev–Trinajstić information content (AvgIpc) is 3.20. The largest absolute Gasteiger partial charge is 0.472 e. The summed E-state index contributed by atoms with van der Waals surface area (Å²) in [5.74, 6) is 1.47. The van der Waals surface area contributed by atoms with E-state index in [2.05, 4.69) is 25.0 Å². The number of hydrogen-bond donors (Lipinski definition) is 0. The van der Waals surface area contributed by atoms with Gasteiger partial charge in [0, 0.05) is 18.8 Å². The smallest absolute Gasteiger partial charge is 0.213 e. The molecular formula is C21H19ClN6O. The van der Waals surface area contributed by atoms with E-state index in [0.717, 1.165) is 48.5 Å². The first-order valence-electron chi connectivity index (χ1n) is 9.55. The molecule has 0 N–H and O–H groups in total. The predicted molar refractivity (Wildman–Crippen MR) is 112 cm³/mol. The minimum Gasteiger partial charge on any atom is -0.472 e. The zero-order valence-electron chi connectivity index (χ0n) is 15.6. The van der Waals surface area contributed by atoms with Crippen molar-refractivity contribution in [3.05, 3.63) is 66.2 Å². The van der Waals surface area contributed by atoms with Gasteiger partial charge in [0.2, 0.25) is 5.88 Å². The quantitative estimate of drug-likeness (QED) is 0.511.